The van der Waals surface area contributed by atoms with Crippen LogP contribution in [0.25, 0.3) is 0 Å². The van der Waals surface area contributed by atoms with Gasteiger partial charge in [0.2, 0.25) is 5.88 Å². The number of hydrogen-bond donors (Lipinski definition) is 1. The monoisotopic (exact) mass is 340 g/mol. The number of amides is 1. The summed E-state index contributed by atoms with van der Waals surface area (Å²) in [6, 6.07) is 10.9. The lowest BCUT2D eigenvalue weighted by Gasteiger charge is -2.08. The normalized spacial score (nSPS) is 12.0. The number of carbonyl (C=O) groups excluding carboxylic acids is 1. The van der Waals surface area contributed by atoms with Gasteiger partial charge >= 0.3 is 0 Å². The number of benzene rings is 1. The zero-order valence-electron chi connectivity index (χ0n) is 12.2. The first kappa shape index (κ1) is 17.0. The molecule has 1 aromatic heterocycles. The molecule has 1 aromatic carbocycles. The number of nitrogens with zero attached hydrogens (tertiary/aromatic N) is 1. The molecule has 0 aliphatic carbocycles. The van der Waals surface area contributed by atoms with Crippen LogP contribution in [0.4, 0.5) is 14.5 Å². The van der Waals surface area contributed by atoms with Crippen LogP contribution < -0.4 is 10.1 Å². The molecule has 0 bridgehead atoms. The SMILES string of the molecule is C[S@](=O)c1cccc(NC(=O)c2cccc(OCC(F)F)n2)c1. The fourth-order valence-electron chi connectivity index (χ4n) is 1.72. The summed E-state index contributed by atoms with van der Waals surface area (Å²) in [4.78, 5) is 16.6. The molecule has 0 fully saturated rings. The van der Waals surface area contributed by atoms with Gasteiger partial charge in [-0.05, 0) is 24.3 Å². The molecule has 2 aromatic rings. The van der Waals surface area contributed by atoms with Crippen LogP contribution in [0.5, 0.6) is 5.88 Å². The molecule has 5 nitrogen and oxygen atoms in total. The lowest BCUT2D eigenvalue weighted by atomic mass is 10.3. The van der Waals surface area contributed by atoms with Gasteiger partial charge in [0, 0.05) is 33.7 Å². The van der Waals surface area contributed by atoms with Gasteiger partial charge in [0.1, 0.15) is 5.69 Å². The molecule has 1 atom stereocenters. The predicted molar refractivity (Wildman–Crippen MR) is 82.5 cm³/mol. The number of aromatic nitrogens is 1. The van der Waals surface area contributed by atoms with E-state index < -0.39 is 29.7 Å². The first-order chi connectivity index (χ1) is 11.0. The van der Waals surface area contributed by atoms with E-state index in [2.05, 4.69) is 10.3 Å². The van der Waals surface area contributed by atoms with Crippen LogP contribution in [-0.4, -0.2) is 34.4 Å². The van der Waals surface area contributed by atoms with Crippen LogP contribution in [0, 0.1) is 0 Å². The number of hydrogen-bond acceptors (Lipinski definition) is 4. The van der Waals surface area contributed by atoms with Crippen LogP contribution in [0.3, 0.4) is 0 Å². The van der Waals surface area contributed by atoms with Crippen molar-refractivity contribution in [3.05, 3.63) is 48.2 Å². The minimum absolute atomic E-state index is 0.0276. The summed E-state index contributed by atoms with van der Waals surface area (Å²) in [6.07, 6.45) is -1.08. The molecular formula is C15H14F2N2O3S. The maximum Gasteiger partial charge on any atom is 0.274 e. The zero-order chi connectivity index (χ0) is 16.8. The lowest BCUT2D eigenvalue weighted by Crippen LogP contribution is -2.15. The van der Waals surface area contributed by atoms with Gasteiger partial charge in [0.15, 0.2) is 6.61 Å². The van der Waals surface area contributed by atoms with Gasteiger partial charge in [-0.15, -0.1) is 0 Å². The Morgan fingerprint density at radius 1 is 1.30 bits per heavy atom. The third kappa shape index (κ3) is 5.10. The van der Waals surface area contributed by atoms with E-state index in [1.165, 1.54) is 24.5 Å². The highest BCUT2D eigenvalue weighted by atomic mass is 32.2. The van der Waals surface area contributed by atoms with Crippen molar-refractivity contribution in [1.29, 1.82) is 0 Å². The second-order valence-electron chi connectivity index (χ2n) is 4.50. The number of rotatable bonds is 6. The summed E-state index contributed by atoms with van der Waals surface area (Å²) in [6.45, 7) is -0.789. The number of carbonyl (C=O) groups is 1. The molecule has 1 N–H and O–H groups in total. The summed E-state index contributed by atoms with van der Waals surface area (Å²) < 4.78 is 40.4. The third-order valence-corrected chi connectivity index (χ3v) is 3.66. The summed E-state index contributed by atoms with van der Waals surface area (Å²) in [5.41, 5.74) is 0.489. The van der Waals surface area contributed by atoms with Gasteiger partial charge < -0.3 is 10.1 Å². The quantitative estimate of drug-likeness (QED) is 0.878. The highest BCUT2D eigenvalue weighted by molar-refractivity contribution is 7.84. The Morgan fingerprint density at radius 3 is 2.74 bits per heavy atom. The molecule has 8 heteroatoms. The van der Waals surface area contributed by atoms with Crippen LogP contribution >= 0.6 is 0 Å². The van der Waals surface area contributed by atoms with Gasteiger partial charge in [-0.2, -0.15) is 0 Å². The van der Waals surface area contributed by atoms with E-state index in [4.69, 9.17) is 4.74 Å². The third-order valence-electron chi connectivity index (χ3n) is 2.74. The van der Waals surface area contributed by atoms with Gasteiger partial charge in [-0.25, -0.2) is 13.8 Å². The molecule has 0 aliphatic rings. The molecule has 0 saturated heterocycles. The van der Waals surface area contributed by atoms with E-state index in [0.29, 0.717) is 10.6 Å². The number of halogens is 2. The average Bonchev–Trinajstić information content (AvgIpc) is 2.53. The lowest BCUT2D eigenvalue weighted by molar-refractivity contribution is 0.0794. The summed E-state index contributed by atoms with van der Waals surface area (Å²) in [5, 5.41) is 2.61. The van der Waals surface area contributed by atoms with Gasteiger partial charge in [-0.1, -0.05) is 12.1 Å². The second-order valence-corrected chi connectivity index (χ2v) is 5.88. The van der Waals surface area contributed by atoms with Crippen molar-refractivity contribution < 1.29 is 22.5 Å². The Labute approximate surface area is 134 Å². The Kier molecular flexibility index (Phi) is 5.75. The van der Waals surface area contributed by atoms with Gasteiger partial charge in [-0.3, -0.25) is 9.00 Å². The summed E-state index contributed by atoms with van der Waals surface area (Å²) in [5.74, 6) is -0.576. The van der Waals surface area contributed by atoms with Crippen LogP contribution in [-0.2, 0) is 10.8 Å². The Morgan fingerprint density at radius 2 is 2.04 bits per heavy atom. The maximum atomic E-state index is 12.1. The minimum Gasteiger partial charge on any atom is -0.472 e. The predicted octanol–water partition coefficient (Wildman–Crippen LogP) is 2.72. The Balaban J connectivity index is 2.10. The number of anilines is 1. The minimum atomic E-state index is -2.62. The van der Waals surface area contributed by atoms with Crippen LogP contribution in [0.1, 0.15) is 10.5 Å². The molecular weight excluding hydrogens is 326 g/mol. The van der Waals surface area contributed by atoms with E-state index in [9.17, 15) is 17.8 Å². The van der Waals surface area contributed by atoms with Crippen molar-refractivity contribution in [3.63, 3.8) is 0 Å². The second kappa shape index (κ2) is 7.77. The van der Waals surface area contributed by atoms with E-state index in [1.54, 1.807) is 24.3 Å². The maximum absolute atomic E-state index is 12.1. The van der Waals surface area contributed by atoms with E-state index in [0.717, 1.165) is 0 Å². The Hall–Kier alpha value is -2.35. The molecule has 1 amide bonds. The zero-order valence-corrected chi connectivity index (χ0v) is 13.0. The Bertz CT molecular complexity index is 725. The molecule has 0 spiro atoms. The van der Waals surface area contributed by atoms with Crippen molar-refractivity contribution in [3.8, 4) is 5.88 Å². The highest BCUT2D eigenvalue weighted by Crippen LogP contribution is 2.15. The molecule has 0 unspecified atom stereocenters. The largest absolute Gasteiger partial charge is 0.472 e. The first-order valence-corrected chi connectivity index (χ1v) is 8.14. The van der Waals surface area contributed by atoms with Crippen LogP contribution in [0.2, 0.25) is 0 Å². The molecule has 1 heterocycles. The number of nitrogens with one attached hydrogen (secondary N) is 1. The summed E-state index contributed by atoms with van der Waals surface area (Å²) >= 11 is 0. The van der Waals surface area contributed by atoms with E-state index in [-0.39, 0.29) is 11.6 Å². The molecule has 0 radical (unpaired) electrons. The van der Waals surface area contributed by atoms with E-state index in [1.807, 2.05) is 0 Å². The standard InChI is InChI=1S/C15H14F2N2O3S/c1-23(21)11-5-2-4-10(8-11)18-15(20)12-6-3-7-14(19-12)22-9-13(16)17/h2-8,13H,9H2,1H3,(H,18,20)/t23-/m0/s1. The van der Waals surface area contributed by atoms with Crippen molar-refractivity contribution in [2.45, 2.75) is 11.3 Å². The molecule has 23 heavy (non-hydrogen) atoms. The van der Waals surface area contributed by atoms with Crippen LogP contribution in [0.15, 0.2) is 47.4 Å². The molecule has 122 valence electrons. The number of alkyl halides is 2. The molecule has 0 aliphatic heterocycles. The number of pyridine rings is 1. The topological polar surface area (TPSA) is 68.3 Å². The van der Waals surface area contributed by atoms with Gasteiger partial charge in [0.05, 0.1) is 0 Å². The summed E-state index contributed by atoms with van der Waals surface area (Å²) in [7, 11) is -1.17. The number of ether oxygens (including phenoxy) is 1. The van der Waals surface area contributed by atoms with Crippen molar-refractivity contribution in [2.75, 3.05) is 18.2 Å². The fraction of sp³-hybridized carbons (Fsp3) is 0.200. The van der Waals surface area contributed by atoms with Crippen molar-refractivity contribution >= 4 is 22.4 Å². The highest BCUT2D eigenvalue weighted by Gasteiger charge is 2.11. The molecule has 2 rings (SSSR count). The molecule has 0 saturated carbocycles. The average molecular weight is 340 g/mol. The van der Waals surface area contributed by atoms with E-state index >= 15 is 0 Å². The van der Waals surface area contributed by atoms with Crippen molar-refractivity contribution in [1.82, 2.24) is 4.98 Å². The van der Waals surface area contributed by atoms with Gasteiger partial charge in [0.25, 0.3) is 12.3 Å². The first-order valence-electron chi connectivity index (χ1n) is 6.58. The van der Waals surface area contributed by atoms with Crippen molar-refractivity contribution in [2.24, 2.45) is 0 Å². The smallest absolute Gasteiger partial charge is 0.274 e. The fourth-order valence-corrected chi connectivity index (χ4v) is 2.28.